The second kappa shape index (κ2) is 9.99. The largest absolute Gasteiger partial charge is 0.497 e. The Labute approximate surface area is 193 Å². The summed E-state index contributed by atoms with van der Waals surface area (Å²) in [7, 11) is 1.54. The SMILES string of the molecule is C=C(N=C(NS)c1ccc(OC)cc1)NC(=O)[C@@H]1CCC(=O)N1c1ccc(C(F)(F)F)cc1. The van der Waals surface area contributed by atoms with Crippen molar-refractivity contribution < 1.29 is 27.5 Å². The van der Waals surface area contributed by atoms with Gasteiger partial charge in [-0.3, -0.25) is 14.5 Å². The van der Waals surface area contributed by atoms with E-state index in [4.69, 9.17) is 4.74 Å². The quantitative estimate of drug-likeness (QED) is 0.336. The van der Waals surface area contributed by atoms with Crippen molar-refractivity contribution in [3.8, 4) is 5.75 Å². The number of carbonyl (C=O) groups excluding carboxylic acids is 2. The molecule has 2 N–H and O–H groups in total. The molecular weight excluding hydrogens is 457 g/mol. The predicted molar refractivity (Wildman–Crippen MR) is 121 cm³/mol. The summed E-state index contributed by atoms with van der Waals surface area (Å²) in [5.41, 5.74) is 0.0197. The molecule has 1 fully saturated rings. The Bertz CT molecular complexity index is 1070. The van der Waals surface area contributed by atoms with Crippen molar-refractivity contribution in [3.63, 3.8) is 0 Å². The molecule has 1 aliphatic rings. The van der Waals surface area contributed by atoms with Gasteiger partial charge in [0.1, 0.15) is 23.4 Å². The van der Waals surface area contributed by atoms with Crippen molar-refractivity contribution in [1.82, 2.24) is 10.0 Å². The monoisotopic (exact) mass is 478 g/mol. The Morgan fingerprint density at radius 3 is 2.36 bits per heavy atom. The van der Waals surface area contributed by atoms with E-state index in [1.165, 1.54) is 17.0 Å². The van der Waals surface area contributed by atoms with E-state index in [-0.39, 0.29) is 30.3 Å². The number of hydrogen-bond donors (Lipinski definition) is 3. The molecule has 0 bridgehead atoms. The summed E-state index contributed by atoms with van der Waals surface area (Å²) in [5.74, 6) is 0.0498. The minimum Gasteiger partial charge on any atom is -0.497 e. The van der Waals surface area contributed by atoms with Gasteiger partial charge in [0.15, 0.2) is 0 Å². The lowest BCUT2D eigenvalue weighted by molar-refractivity contribution is -0.137. The summed E-state index contributed by atoms with van der Waals surface area (Å²) < 4.78 is 46.2. The van der Waals surface area contributed by atoms with Crippen LogP contribution >= 0.6 is 12.8 Å². The molecule has 1 aliphatic heterocycles. The number of methoxy groups -OCH3 is 1. The minimum absolute atomic E-state index is 0.000846. The molecule has 2 aromatic rings. The number of anilines is 1. The zero-order valence-corrected chi connectivity index (χ0v) is 18.4. The van der Waals surface area contributed by atoms with Crippen LogP contribution in [-0.2, 0) is 15.8 Å². The van der Waals surface area contributed by atoms with Crippen LogP contribution in [0.2, 0.25) is 0 Å². The summed E-state index contributed by atoms with van der Waals surface area (Å²) in [6, 6.07) is 10.1. The van der Waals surface area contributed by atoms with E-state index in [0.717, 1.165) is 12.1 Å². The summed E-state index contributed by atoms with van der Waals surface area (Å²) in [6.07, 6.45) is -4.20. The number of alkyl halides is 3. The van der Waals surface area contributed by atoms with Crippen molar-refractivity contribution in [2.75, 3.05) is 12.0 Å². The number of aliphatic imine (C=N–C) groups is 1. The summed E-state index contributed by atoms with van der Waals surface area (Å²) in [5, 5.41) is 2.54. The molecule has 174 valence electrons. The third-order valence-electron chi connectivity index (χ3n) is 4.97. The number of rotatable bonds is 6. The van der Waals surface area contributed by atoms with Crippen LogP contribution in [0.4, 0.5) is 18.9 Å². The molecule has 1 saturated heterocycles. The fourth-order valence-electron chi connectivity index (χ4n) is 3.36. The zero-order valence-electron chi connectivity index (χ0n) is 17.5. The maximum absolute atomic E-state index is 12.8. The number of amides is 2. The highest BCUT2D eigenvalue weighted by Gasteiger charge is 2.38. The van der Waals surface area contributed by atoms with Gasteiger partial charge < -0.3 is 14.8 Å². The van der Waals surface area contributed by atoms with E-state index in [0.29, 0.717) is 17.1 Å². The molecular formula is C22H21F3N4O3S. The maximum Gasteiger partial charge on any atom is 0.416 e. The molecule has 1 atom stereocenters. The second-order valence-corrected chi connectivity index (χ2v) is 7.32. The topological polar surface area (TPSA) is 83.0 Å². The first-order chi connectivity index (χ1) is 15.6. The van der Waals surface area contributed by atoms with Gasteiger partial charge >= 0.3 is 6.18 Å². The molecule has 0 unspecified atom stereocenters. The van der Waals surface area contributed by atoms with E-state index < -0.39 is 23.7 Å². The molecule has 0 spiro atoms. The van der Waals surface area contributed by atoms with Crippen LogP contribution in [0.1, 0.15) is 24.0 Å². The van der Waals surface area contributed by atoms with E-state index >= 15 is 0 Å². The molecule has 2 aromatic carbocycles. The van der Waals surface area contributed by atoms with Crippen molar-refractivity contribution in [2.24, 2.45) is 4.99 Å². The molecule has 7 nitrogen and oxygen atoms in total. The highest BCUT2D eigenvalue weighted by atomic mass is 32.1. The van der Waals surface area contributed by atoms with Gasteiger partial charge in [-0.25, -0.2) is 4.99 Å². The van der Waals surface area contributed by atoms with Crippen molar-refractivity contribution in [2.45, 2.75) is 25.1 Å². The van der Waals surface area contributed by atoms with Gasteiger partial charge in [-0.05, 0) is 55.0 Å². The van der Waals surface area contributed by atoms with Gasteiger partial charge in [0.25, 0.3) is 0 Å². The van der Waals surface area contributed by atoms with E-state index in [2.05, 4.69) is 34.4 Å². The Morgan fingerprint density at radius 1 is 1.18 bits per heavy atom. The van der Waals surface area contributed by atoms with Crippen molar-refractivity contribution >= 4 is 36.2 Å². The molecule has 0 saturated carbocycles. The number of carbonyl (C=O) groups is 2. The first kappa shape index (κ1) is 24.2. The first-order valence-corrected chi connectivity index (χ1v) is 10.2. The van der Waals surface area contributed by atoms with E-state index in [1.807, 2.05) is 0 Å². The van der Waals surface area contributed by atoms with Gasteiger partial charge in [0.05, 0.1) is 12.7 Å². The van der Waals surface area contributed by atoms with Gasteiger partial charge in [0.2, 0.25) is 11.8 Å². The Morgan fingerprint density at radius 2 is 1.82 bits per heavy atom. The number of benzene rings is 2. The normalized spacial score (nSPS) is 16.5. The van der Waals surface area contributed by atoms with Crippen LogP contribution in [0.5, 0.6) is 5.75 Å². The van der Waals surface area contributed by atoms with Gasteiger partial charge in [-0.1, -0.05) is 19.4 Å². The lowest BCUT2D eigenvalue weighted by Crippen LogP contribution is -2.44. The molecule has 1 heterocycles. The standard InChI is InChI=1S/C22H21F3N4O3S/c1-13(26-20(28-33)14-3-9-17(32-2)10-4-14)27-21(31)18-11-12-19(30)29(18)16-7-5-15(6-8-16)22(23,24)25/h3-10,18,33H,1,11-12H2,2H3,(H,26,28)(H,27,31)/t18-/m0/s1. The Hall–Kier alpha value is -3.47. The lowest BCUT2D eigenvalue weighted by Gasteiger charge is -2.24. The molecule has 3 rings (SSSR count). The van der Waals surface area contributed by atoms with Gasteiger partial charge in [0, 0.05) is 17.7 Å². The van der Waals surface area contributed by atoms with E-state index in [1.54, 1.807) is 31.4 Å². The average molecular weight is 478 g/mol. The number of nitrogens with one attached hydrogen (secondary N) is 2. The number of amidine groups is 1. The number of ether oxygens (including phenoxy) is 1. The maximum atomic E-state index is 12.8. The fraction of sp³-hybridized carbons (Fsp3) is 0.227. The molecule has 2 amide bonds. The van der Waals surface area contributed by atoms with E-state index in [9.17, 15) is 22.8 Å². The summed E-state index contributed by atoms with van der Waals surface area (Å²) in [6.45, 7) is 3.72. The number of halogens is 3. The Balaban J connectivity index is 1.74. The predicted octanol–water partition coefficient (Wildman–Crippen LogP) is 3.68. The third-order valence-corrected chi connectivity index (χ3v) is 5.18. The average Bonchev–Trinajstić information content (AvgIpc) is 3.18. The Kier molecular flexibility index (Phi) is 7.32. The second-order valence-electron chi connectivity index (χ2n) is 7.10. The highest BCUT2D eigenvalue weighted by Crippen LogP contribution is 2.33. The van der Waals surface area contributed by atoms with Crippen LogP contribution < -0.4 is 19.7 Å². The van der Waals surface area contributed by atoms with Crippen LogP contribution in [-0.4, -0.2) is 30.8 Å². The molecule has 11 heteroatoms. The number of hydrogen-bond acceptors (Lipinski definition) is 5. The van der Waals surface area contributed by atoms with Gasteiger partial charge in [-0.2, -0.15) is 13.2 Å². The van der Waals surface area contributed by atoms with Crippen LogP contribution in [0.25, 0.3) is 0 Å². The molecule has 0 radical (unpaired) electrons. The zero-order chi connectivity index (χ0) is 24.2. The molecule has 33 heavy (non-hydrogen) atoms. The molecule has 0 aromatic heterocycles. The smallest absolute Gasteiger partial charge is 0.416 e. The summed E-state index contributed by atoms with van der Waals surface area (Å²) in [4.78, 5) is 30.6. The summed E-state index contributed by atoms with van der Waals surface area (Å²) >= 11 is 4.03. The first-order valence-electron chi connectivity index (χ1n) is 9.76. The highest BCUT2D eigenvalue weighted by molar-refractivity contribution is 7.78. The van der Waals surface area contributed by atoms with Gasteiger partial charge in [-0.15, -0.1) is 0 Å². The van der Waals surface area contributed by atoms with Crippen molar-refractivity contribution in [1.29, 1.82) is 0 Å². The van der Waals surface area contributed by atoms with Crippen LogP contribution in [0.15, 0.2) is 65.9 Å². The number of thiol groups is 1. The lowest BCUT2D eigenvalue weighted by atomic mass is 10.1. The fourth-order valence-corrected chi connectivity index (χ4v) is 3.54. The minimum atomic E-state index is -4.50. The van der Waals surface area contributed by atoms with Crippen LogP contribution in [0, 0.1) is 0 Å². The third kappa shape index (κ3) is 5.67. The number of nitrogens with zero attached hydrogens (tertiary/aromatic N) is 2. The van der Waals surface area contributed by atoms with Crippen LogP contribution in [0.3, 0.4) is 0 Å². The molecule has 0 aliphatic carbocycles. The van der Waals surface area contributed by atoms with Crippen molar-refractivity contribution in [3.05, 3.63) is 72.1 Å².